The van der Waals surface area contributed by atoms with E-state index in [1.54, 1.807) is 0 Å². The summed E-state index contributed by atoms with van der Waals surface area (Å²) >= 11 is 3.42. The highest BCUT2D eigenvalue weighted by atomic mass is 79.9. The van der Waals surface area contributed by atoms with Crippen LogP contribution < -0.4 is 5.32 Å². The molecule has 0 aliphatic carbocycles. The Balaban J connectivity index is 2.14. The Morgan fingerprint density at radius 2 is 2.14 bits per heavy atom. The highest BCUT2D eigenvalue weighted by Gasteiger charge is 2.18. The molecule has 0 unspecified atom stereocenters. The van der Waals surface area contributed by atoms with Gasteiger partial charge in [-0.3, -0.25) is 4.90 Å². The van der Waals surface area contributed by atoms with Crippen LogP contribution in [0.4, 0.5) is 0 Å². The number of nitrogens with zero attached hydrogens (tertiary/aromatic N) is 1. The lowest BCUT2D eigenvalue weighted by Gasteiger charge is -2.31. The van der Waals surface area contributed by atoms with Crippen LogP contribution in [0.15, 0.2) is 11.1 Å². The highest BCUT2D eigenvalue weighted by molar-refractivity contribution is 9.11. The molecule has 0 aromatic carbocycles. The third kappa shape index (κ3) is 4.58. The maximum atomic E-state index is 3.88. The van der Waals surface area contributed by atoms with Crippen LogP contribution in [0, 0.1) is 5.92 Å². The number of hydrogen-bond acceptors (Lipinski definition) is 2. The summed E-state index contributed by atoms with van der Waals surface area (Å²) in [5.41, 5.74) is 0. The quantitative estimate of drug-likeness (QED) is 0.816. The van der Waals surface area contributed by atoms with Crippen LogP contribution in [0.3, 0.4) is 0 Å². The van der Waals surface area contributed by atoms with Gasteiger partial charge in [0.2, 0.25) is 0 Å². The number of hydrogen-bond donors (Lipinski definition) is 1. The van der Waals surface area contributed by atoms with Gasteiger partial charge < -0.3 is 5.32 Å². The zero-order valence-corrected chi connectivity index (χ0v) is 10.6. The molecule has 0 aromatic heterocycles. The van der Waals surface area contributed by atoms with Gasteiger partial charge in [0.25, 0.3) is 0 Å². The van der Waals surface area contributed by atoms with Crippen LogP contribution in [0.5, 0.6) is 0 Å². The van der Waals surface area contributed by atoms with E-state index < -0.39 is 0 Å². The van der Waals surface area contributed by atoms with Crippen LogP contribution in [-0.2, 0) is 0 Å². The predicted octanol–water partition coefficient (Wildman–Crippen LogP) is 2.22. The molecule has 0 spiro atoms. The summed E-state index contributed by atoms with van der Waals surface area (Å²) < 4.78 is 1.10. The fraction of sp³-hybridized carbons (Fsp3) is 0.818. The molecule has 0 radical (unpaired) electrons. The minimum Gasteiger partial charge on any atom is -0.317 e. The van der Waals surface area contributed by atoms with Gasteiger partial charge in [-0.1, -0.05) is 29.4 Å². The van der Waals surface area contributed by atoms with Crippen molar-refractivity contribution in [1.29, 1.82) is 0 Å². The fourth-order valence-electron chi connectivity index (χ4n) is 1.94. The van der Waals surface area contributed by atoms with Crippen molar-refractivity contribution in [3.8, 4) is 0 Å². The first-order valence-electron chi connectivity index (χ1n) is 5.48. The van der Waals surface area contributed by atoms with E-state index in [0.717, 1.165) is 23.5 Å². The number of likely N-dealkylation sites (tertiary alicyclic amines) is 1. The summed E-state index contributed by atoms with van der Waals surface area (Å²) in [6, 6.07) is 0. The fourth-order valence-corrected chi connectivity index (χ4v) is 2.29. The van der Waals surface area contributed by atoms with E-state index in [2.05, 4.69) is 39.6 Å². The second-order valence-corrected chi connectivity index (χ2v) is 5.17. The van der Waals surface area contributed by atoms with Crippen molar-refractivity contribution in [3.63, 3.8) is 0 Å². The Morgan fingerprint density at radius 1 is 1.50 bits per heavy atom. The first kappa shape index (κ1) is 12.2. The van der Waals surface area contributed by atoms with Crippen molar-refractivity contribution >= 4 is 15.9 Å². The van der Waals surface area contributed by atoms with E-state index in [1.165, 1.54) is 32.5 Å². The molecule has 14 heavy (non-hydrogen) atoms. The molecule has 1 rings (SSSR count). The lowest BCUT2D eigenvalue weighted by molar-refractivity contribution is 0.198. The van der Waals surface area contributed by atoms with Crippen LogP contribution >= 0.6 is 15.9 Å². The molecular weight excluding hydrogens is 240 g/mol. The van der Waals surface area contributed by atoms with Gasteiger partial charge >= 0.3 is 0 Å². The van der Waals surface area contributed by atoms with Gasteiger partial charge in [-0.05, 0) is 44.9 Å². The predicted molar refractivity (Wildman–Crippen MR) is 65.8 cm³/mol. The standard InChI is InChI=1S/C11H21BrN2/c1-3-13-8-11-4-6-14(7-5-11)9-10(2)12/h11,13H,2-9H2,1H3. The zero-order valence-electron chi connectivity index (χ0n) is 9.06. The van der Waals surface area contributed by atoms with Crippen molar-refractivity contribution in [2.75, 3.05) is 32.7 Å². The lowest BCUT2D eigenvalue weighted by Crippen LogP contribution is -2.37. The number of rotatable bonds is 5. The Hall–Kier alpha value is 0.140. The maximum absolute atomic E-state index is 3.88. The monoisotopic (exact) mass is 260 g/mol. The summed E-state index contributed by atoms with van der Waals surface area (Å²) in [7, 11) is 0. The largest absolute Gasteiger partial charge is 0.317 e. The molecule has 3 heteroatoms. The average Bonchev–Trinajstić information content (AvgIpc) is 2.16. The zero-order chi connectivity index (χ0) is 10.4. The Labute approximate surface area is 95.9 Å². The van der Waals surface area contributed by atoms with Crippen molar-refractivity contribution in [2.24, 2.45) is 5.92 Å². The second kappa shape index (κ2) is 6.59. The molecule has 1 aliphatic rings. The molecule has 1 fully saturated rings. The molecule has 0 bridgehead atoms. The molecule has 0 amide bonds. The maximum Gasteiger partial charge on any atom is 0.0293 e. The van der Waals surface area contributed by atoms with E-state index in [0.29, 0.717) is 0 Å². The van der Waals surface area contributed by atoms with Crippen molar-refractivity contribution in [2.45, 2.75) is 19.8 Å². The van der Waals surface area contributed by atoms with Crippen LogP contribution in [0.2, 0.25) is 0 Å². The SMILES string of the molecule is C=C(Br)CN1CCC(CNCC)CC1. The third-order valence-electron chi connectivity index (χ3n) is 2.79. The summed E-state index contributed by atoms with van der Waals surface area (Å²) in [4.78, 5) is 2.47. The van der Waals surface area contributed by atoms with E-state index in [-0.39, 0.29) is 0 Å². The molecule has 1 heterocycles. The van der Waals surface area contributed by atoms with Crippen molar-refractivity contribution in [1.82, 2.24) is 10.2 Å². The van der Waals surface area contributed by atoms with Crippen LogP contribution in [0.25, 0.3) is 0 Å². The molecule has 1 N–H and O–H groups in total. The van der Waals surface area contributed by atoms with Gasteiger partial charge in [0.15, 0.2) is 0 Å². The van der Waals surface area contributed by atoms with Gasteiger partial charge in [0, 0.05) is 11.0 Å². The minimum atomic E-state index is 0.884. The summed E-state index contributed by atoms with van der Waals surface area (Å²) in [5.74, 6) is 0.884. The molecule has 0 saturated carbocycles. The Kier molecular flexibility index (Phi) is 5.75. The lowest BCUT2D eigenvalue weighted by atomic mass is 9.97. The van der Waals surface area contributed by atoms with Gasteiger partial charge in [-0.25, -0.2) is 0 Å². The van der Waals surface area contributed by atoms with Crippen molar-refractivity contribution in [3.05, 3.63) is 11.1 Å². The summed E-state index contributed by atoms with van der Waals surface area (Å²) in [6.45, 7) is 11.8. The Morgan fingerprint density at radius 3 is 2.64 bits per heavy atom. The molecule has 1 saturated heterocycles. The van der Waals surface area contributed by atoms with E-state index in [1.807, 2.05) is 0 Å². The van der Waals surface area contributed by atoms with Gasteiger partial charge in [0.1, 0.15) is 0 Å². The molecular formula is C11H21BrN2. The minimum absolute atomic E-state index is 0.884. The van der Waals surface area contributed by atoms with Crippen LogP contribution in [-0.4, -0.2) is 37.6 Å². The van der Waals surface area contributed by atoms with Gasteiger partial charge in [0.05, 0.1) is 0 Å². The number of piperidine rings is 1. The highest BCUT2D eigenvalue weighted by Crippen LogP contribution is 2.17. The molecule has 0 aromatic rings. The van der Waals surface area contributed by atoms with E-state index in [9.17, 15) is 0 Å². The van der Waals surface area contributed by atoms with Gasteiger partial charge in [-0.15, -0.1) is 0 Å². The smallest absolute Gasteiger partial charge is 0.0293 e. The third-order valence-corrected chi connectivity index (χ3v) is 3.04. The number of halogens is 1. The Bertz CT molecular complexity index is 174. The molecule has 82 valence electrons. The van der Waals surface area contributed by atoms with Crippen molar-refractivity contribution < 1.29 is 0 Å². The topological polar surface area (TPSA) is 15.3 Å². The van der Waals surface area contributed by atoms with E-state index >= 15 is 0 Å². The van der Waals surface area contributed by atoms with E-state index in [4.69, 9.17) is 0 Å². The number of nitrogens with one attached hydrogen (secondary N) is 1. The normalized spacial score (nSPS) is 19.9. The first-order valence-corrected chi connectivity index (χ1v) is 6.28. The average molecular weight is 261 g/mol. The van der Waals surface area contributed by atoms with Gasteiger partial charge in [-0.2, -0.15) is 0 Å². The second-order valence-electron chi connectivity index (χ2n) is 4.04. The first-order chi connectivity index (χ1) is 6.72. The molecule has 1 aliphatic heterocycles. The van der Waals surface area contributed by atoms with Crippen LogP contribution in [0.1, 0.15) is 19.8 Å². The summed E-state index contributed by atoms with van der Waals surface area (Å²) in [5, 5.41) is 3.43. The molecule has 0 atom stereocenters. The molecule has 2 nitrogen and oxygen atoms in total. The summed E-state index contributed by atoms with van der Waals surface area (Å²) in [6.07, 6.45) is 2.65.